The molecule has 0 radical (unpaired) electrons. The van der Waals surface area contributed by atoms with Gasteiger partial charge < -0.3 is 10.4 Å². The monoisotopic (exact) mass is 369 g/mol. The maximum atomic E-state index is 13.7. The molecule has 0 unspecified atom stereocenters. The van der Waals surface area contributed by atoms with Crippen molar-refractivity contribution in [3.8, 4) is 0 Å². The Labute approximate surface area is 154 Å². The van der Waals surface area contributed by atoms with Gasteiger partial charge in [0.05, 0.1) is 6.42 Å². The summed E-state index contributed by atoms with van der Waals surface area (Å²) in [6, 6.07) is 15.0. The number of halogens is 2. The first-order valence-electron chi connectivity index (χ1n) is 8.36. The molecule has 0 saturated carbocycles. The molecule has 0 spiro atoms. The van der Waals surface area contributed by atoms with Gasteiger partial charge in [-0.15, -0.1) is 0 Å². The summed E-state index contributed by atoms with van der Waals surface area (Å²) < 4.78 is 26.6. The number of amides is 1. The van der Waals surface area contributed by atoms with Crippen molar-refractivity contribution in [2.45, 2.75) is 18.9 Å². The van der Waals surface area contributed by atoms with Crippen LogP contribution in [-0.4, -0.2) is 23.0 Å². The predicted molar refractivity (Wildman–Crippen MR) is 97.3 cm³/mol. The van der Waals surface area contributed by atoms with E-state index in [1.807, 2.05) is 42.5 Å². The Kier molecular flexibility index (Phi) is 5.45. The lowest BCUT2D eigenvalue weighted by Crippen LogP contribution is -2.43. The molecule has 3 aromatic rings. The van der Waals surface area contributed by atoms with Gasteiger partial charge in [-0.05, 0) is 28.0 Å². The van der Waals surface area contributed by atoms with Gasteiger partial charge >= 0.3 is 5.97 Å². The third kappa shape index (κ3) is 4.67. The number of carboxylic acid groups (broad SMARTS) is 1. The van der Waals surface area contributed by atoms with Gasteiger partial charge in [-0.3, -0.25) is 4.79 Å². The molecule has 6 heteroatoms. The van der Waals surface area contributed by atoms with Gasteiger partial charge in [0.25, 0.3) is 0 Å². The molecule has 3 aromatic carbocycles. The van der Waals surface area contributed by atoms with Crippen LogP contribution >= 0.6 is 0 Å². The second-order valence-electron chi connectivity index (χ2n) is 6.26. The molecule has 4 nitrogen and oxygen atoms in total. The van der Waals surface area contributed by atoms with E-state index in [1.54, 1.807) is 0 Å². The van der Waals surface area contributed by atoms with Crippen LogP contribution in [0.4, 0.5) is 8.78 Å². The van der Waals surface area contributed by atoms with Crippen LogP contribution in [0, 0.1) is 11.6 Å². The van der Waals surface area contributed by atoms with Crippen molar-refractivity contribution in [3.05, 3.63) is 83.4 Å². The summed E-state index contributed by atoms with van der Waals surface area (Å²) in [7, 11) is 0. The average Bonchev–Trinajstić information content (AvgIpc) is 2.63. The lowest BCUT2D eigenvalue weighted by molar-refractivity contribution is -0.141. The van der Waals surface area contributed by atoms with Crippen LogP contribution in [0.15, 0.2) is 60.7 Å². The number of carbonyl (C=O) groups excluding carboxylic acids is 1. The van der Waals surface area contributed by atoms with Crippen LogP contribution in [0.2, 0.25) is 0 Å². The summed E-state index contributed by atoms with van der Waals surface area (Å²) in [5, 5.41) is 13.8. The van der Waals surface area contributed by atoms with E-state index in [0.29, 0.717) is 6.07 Å². The standard InChI is InChI=1S/C21H17F2NO3/c22-17-8-7-16(18(23)12-17)11-20(25)24-19(21(26)27)10-13-5-6-14-3-1-2-4-15(14)9-13/h1-9,12,19H,10-11H2,(H,24,25)(H,26,27)/t19-/m1/s1. The lowest BCUT2D eigenvalue weighted by Gasteiger charge is -2.15. The van der Waals surface area contributed by atoms with Crippen LogP contribution < -0.4 is 5.32 Å². The fourth-order valence-electron chi connectivity index (χ4n) is 2.88. The minimum Gasteiger partial charge on any atom is -0.480 e. The molecule has 138 valence electrons. The molecular weight excluding hydrogens is 352 g/mol. The van der Waals surface area contributed by atoms with Gasteiger partial charge in [0.15, 0.2) is 0 Å². The SMILES string of the molecule is O=C(Cc1ccc(F)cc1F)N[C@H](Cc1ccc2ccccc2c1)C(=O)O. The minimum atomic E-state index is -1.18. The third-order valence-corrected chi connectivity index (χ3v) is 4.25. The zero-order valence-corrected chi connectivity index (χ0v) is 14.3. The van der Waals surface area contributed by atoms with Crippen molar-refractivity contribution in [2.75, 3.05) is 0 Å². The van der Waals surface area contributed by atoms with Crippen LogP contribution in [0.5, 0.6) is 0 Å². The molecule has 2 N–H and O–H groups in total. The Morgan fingerprint density at radius 2 is 1.70 bits per heavy atom. The summed E-state index contributed by atoms with van der Waals surface area (Å²) >= 11 is 0. The normalized spacial score (nSPS) is 11.9. The molecule has 0 fully saturated rings. The topological polar surface area (TPSA) is 66.4 Å². The van der Waals surface area contributed by atoms with Crippen LogP contribution in [0.3, 0.4) is 0 Å². The molecule has 0 aliphatic carbocycles. The summed E-state index contributed by atoms with van der Waals surface area (Å²) in [6.07, 6.45) is -0.272. The smallest absolute Gasteiger partial charge is 0.326 e. The van der Waals surface area contributed by atoms with E-state index in [-0.39, 0.29) is 18.4 Å². The maximum Gasteiger partial charge on any atom is 0.326 e. The van der Waals surface area contributed by atoms with Crippen LogP contribution in [0.25, 0.3) is 10.8 Å². The Balaban J connectivity index is 1.71. The molecule has 0 aromatic heterocycles. The molecule has 0 bridgehead atoms. The molecule has 0 heterocycles. The summed E-state index contributed by atoms with van der Waals surface area (Å²) in [5.74, 6) is -3.41. The highest BCUT2D eigenvalue weighted by atomic mass is 19.1. The van der Waals surface area contributed by atoms with E-state index in [9.17, 15) is 23.5 Å². The molecular formula is C21H17F2NO3. The molecule has 0 aliphatic rings. The van der Waals surface area contributed by atoms with Crippen molar-refractivity contribution in [2.24, 2.45) is 0 Å². The maximum absolute atomic E-state index is 13.7. The number of fused-ring (bicyclic) bond motifs is 1. The molecule has 3 rings (SSSR count). The number of rotatable bonds is 6. The van der Waals surface area contributed by atoms with E-state index < -0.39 is 29.6 Å². The largest absolute Gasteiger partial charge is 0.480 e. The molecule has 0 aliphatic heterocycles. The number of hydrogen-bond donors (Lipinski definition) is 2. The first-order valence-corrected chi connectivity index (χ1v) is 8.36. The lowest BCUT2D eigenvalue weighted by atomic mass is 10.0. The Morgan fingerprint density at radius 1 is 0.963 bits per heavy atom. The summed E-state index contributed by atoms with van der Waals surface area (Å²) in [4.78, 5) is 23.7. The highest BCUT2D eigenvalue weighted by Gasteiger charge is 2.21. The Hall–Kier alpha value is -3.28. The first kappa shape index (κ1) is 18.5. The second-order valence-corrected chi connectivity index (χ2v) is 6.26. The number of carbonyl (C=O) groups is 2. The number of aliphatic carboxylic acids is 1. The predicted octanol–water partition coefficient (Wildman–Crippen LogP) is 3.47. The zero-order valence-electron chi connectivity index (χ0n) is 14.3. The highest BCUT2D eigenvalue weighted by molar-refractivity contribution is 5.86. The summed E-state index contributed by atoms with van der Waals surface area (Å²) in [5.41, 5.74) is 0.762. The van der Waals surface area contributed by atoms with Gasteiger partial charge in [-0.25, -0.2) is 13.6 Å². The van der Waals surface area contributed by atoms with Crippen molar-refractivity contribution in [1.82, 2.24) is 5.32 Å². The van der Waals surface area contributed by atoms with E-state index >= 15 is 0 Å². The van der Waals surface area contributed by atoms with Gasteiger partial charge in [-0.1, -0.05) is 48.5 Å². The average molecular weight is 369 g/mol. The van der Waals surface area contributed by atoms with Crippen molar-refractivity contribution >= 4 is 22.6 Å². The Morgan fingerprint density at radius 3 is 2.41 bits per heavy atom. The van der Waals surface area contributed by atoms with Gasteiger partial charge in [-0.2, -0.15) is 0 Å². The second kappa shape index (κ2) is 7.95. The number of benzene rings is 3. The number of nitrogens with one attached hydrogen (secondary N) is 1. The zero-order chi connectivity index (χ0) is 19.4. The number of carboxylic acids is 1. The Bertz CT molecular complexity index is 1000. The first-order chi connectivity index (χ1) is 12.9. The molecule has 1 amide bonds. The molecule has 0 saturated heterocycles. The summed E-state index contributed by atoms with van der Waals surface area (Å²) in [6.45, 7) is 0. The molecule has 27 heavy (non-hydrogen) atoms. The van der Waals surface area contributed by atoms with E-state index in [2.05, 4.69) is 5.32 Å². The van der Waals surface area contributed by atoms with Crippen molar-refractivity contribution in [3.63, 3.8) is 0 Å². The van der Waals surface area contributed by atoms with E-state index in [0.717, 1.165) is 22.4 Å². The minimum absolute atomic E-state index is 0.00347. The highest BCUT2D eigenvalue weighted by Crippen LogP contribution is 2.17. The van der Waals surface area contributed by atoms with E-state index in [4.69, 9.17) is 0 Å². The van der Waals surface area contributed by atoms with Crippen molar-refractivity contribution in [1.29, 1.82) is 0 Å². The van der Waals surface area contributed by atoms with Crippen LogP contribution in [0.1, 0.15) is 11.1 Å². The fraction of sp³-hybridized carbons (Fsp3) is 0.143. The van der Waals surface area contributed by atoms with Crippen LogP contribution in [-0.2, 0) is 22.4 Å². The van der Waals surface area contributed by atoms with E-state index in [1.165, 1.54) is 6.07 Å². The van der Waals surface area contributed by atoms with Gasteiger partial charge in [0, 0.05) is 12.5 Å². The van der Waals surface area contributed by atoms with Crippen molar-refractivity contribution < 1.29 is 23.5 Å². The molecule has 1 atom stereocenters. The quantitative estimate of drug-likeness (QED) is 0.699. The number of hydrogen-bond acceptors (Lipinski definition) is 2. The third-order valence-electron chi connectivity index (χ3n) is 4.25. The van der Waals surface area contributed by atoms with Gasteiger partial charge in [0.1, 0.15) is 17.7 Å². The van der Waals surface area contributed by atoms with Gasteiger partial charge in [0.2, 0.25) is 5.91 Å². The fourth-order valence-corrected chi connectivity index (χ4v) is 2.88.